The molecule has 0 saturated carbocycles. The summed E-state index contributed by atoms with van der Waals surface area (Å²) in [5.74, 6) is 0. The molecule has 6 heteroatoms. The van der Waals surface area contributed by atoms with Crippen molar-refractivity contribution in [3.05, 3.63) is 203 Å². The van der Waals surface area contributed by atoms with E-state index in [0.717, 1.165) is 66.8 Å². The average Bonchev–Trinajstić information content (AvgIpc) is 3.53. The van der Waals surface area contributed by atoms with E-state index in [-0.39, 0.29) is 0 Å². The molecule has 0 N–H and O–H groups in total. The molecular formula is C45H26N6. The maximum Gasteiger partial charge on any atom is 0.188 e. The number of para-hydroxylation sites is 2. The van der Waals surface area contributed by atoms with E-state index in [1.165, 1.54) is 0 Å². The van der Waals surface area contributed by atoms with Gasteiger partial charge in [-0.3, -0.25) is 4.98 Å². The molecule has 0 unspecified atom stereocenters. The quantitative estimate of drug-likeness (QED) is 0.178. The molecule has 1 aliphatic heterocycles. The zero-order chi connectivity index (χ0) is 34.5. The monoisotopic (exact) mass is 650 g/mol. The Morgan fingerprint density at radius 2 is 1.18 bits per heavy atom. The van der Waals surface area contributed by atoms with Crippen LogP contribution < -0.4 is 4.90 Å². The fraction of sp³-hybridized carbons (Fsp3) is 0.0222. The molecule has 0 spiro atoms. The minimum Gasteiger partial charge on any atom is -0.310 e. The second kappa shape index (κ2) is 11.6. The molecule has 0 fully saturated rings. The third-order valence-corrected chi connectivity index (χ3v) is 10.0. The third-order valence-electron chi connectivity index (χ3n) is 10.0. The summed E-state index contributed by atoms with van der Waals surface area (Å²) in [6.07, 6.45) is 3.68. The summed E-state index contributed by atoms with van der Waals surface area (Å²) >= 11 is 0. The third kappa shape index (κ3) is 4.37. The standard InChI is InChI=1S/C45H26N6/c1-48-34-21-22-41-37(25-34)38-29-49-24-23-42(38)50(41)35-7-6-8-36(26-35)51-43-11-4-2-9-39(43)45(40-10-3-5-12-44(40)51,32-17-13-30(27-46)14-18-32)33-19-15-31(28-47)16-20-33/h2-26,29H. The van der Waals surface area contributed by atoms with Gasteiger partial charge in [0.1, 0.15) is 0 Å². The highest BCUT2D eigenvalue weighted by Gasteiger charge is 2.46. The Balaban J connectivity index is 1.31. The molecule has 6 aromatic carbocycles. The van der Waals surface area contributed by atoms with E-state index in [4.69, 9.17) is 6.57 Å². The van der Waals surface area contributed by atoms with Crippen LogP contribution in [0.15, 0.2) is 158 Å². The number of fused-ring (bicyclic) bond motifs is 5. The van der Waals surface area contributed by atoms with Gasteiger partial charge in [0.15, 0.2) is 5.69 Å². The van der Waals surface area contributed by atoms with Crippen molar-refractivity contribution in [2.45, 2.75) is 5.41 Å². The number of nitrogens with zero attached hydrogens (tertiary/aromatic N) is 6. The predicted molar refractivity (Wildman–Crippen MR) is 201 cm³/mol. The zero-order valence-corrected chi connectivity index (χ0v) is 27.2. The Kier molecular flexibility index (Phi) is 6.75. The summed E-state index contributed by atoms with van der Waals surface area (Å²) in [5.41, 5.74) is 11.3. The van der Waals surface area contributed by atoms with Crippen molar-refractivity contribution in [2.75, 3.05) is 4.90 Å². The summed E-state index contributed by atoms with van der Waals surface area (Å²) in [6.45, 7) is 7.60. The summed E-state index contributed by atoms with van der Waals surface area (Å²) in [6, 6.07) is 53.7. The van der Waals surface area contributed by atoms with Crippen LogP contribution in [0, 0.1) is 29.2 Å². The molecule has 2 aromatic heterocycles. The molecule has 1 aliphatic rings. The maximum atomic E-state index is 9.68. The van der Waals surface area contributed by atoms with E-state index in [9.17, 15) is 10.5 Å². The molecule has 8 aromatic rings. The number of hydrogen-bond acceptors (Lipinski definition) is 4. The first kappa shape index (κ1) is 29.7. The van der Waals surface area contributed by atoms with E-state index < -0.39 is 5.41 Å². The normalized spacial score (nSPS) is 12.8. The van der Waals surface area contributed by atoms with Gasteiger partial charge in [-0.25, -0.2) is 4.85 Å². The van der Waals surface area contributed by atoms with Gasteiger partial charge >= 0.3 is 0 Å². The minimum absolute atomic E-state index is 0.591. The lowest BCUT2D eigenvalue weighted by atomic mass is 9.62. The van der Waals surface area contributed by atoms with Gasteiger partial charge in [-0.15, -0.1) is 0 Å². The number of rotatable bonds is 4. The lowest BCUT2D eigenvalue weighted by Gasteiger charge is -2.46. The van der Waals surface area contributed by atoms with Crippen LogP contribution >= 0.6 is 0 Å². The van der Waals surface area contributed by atoms with Gasteiger partial charge in [0.2, 0.25) is 0 Å². The lowest BCUT2D eigenvalue weighted by molar-refractivity contribution is 0.731. The summed E-state index contributed by atoms with van der Waals surface area (Å²) in [7, 11) is 0. The van der Waals surface area contributed by atoms with Crippen LogP contribution in [0.5, 0.6) is 0 Å². The molecule has 3 heterocycles. The first-order valence-electron chi connectivity index (χ1n) is 16.5. The van der Waals surface area contributed by atoms with Crippen molar-refractivity contribution in [1.82, 2.24) is 9.55 Å². The number of hydrogen-bond donors (Lipinski definition) is 0. The average molecular weight is 651 g/mol. The molecule has 0 aliphatic carbocycles. The largest absolute Gasteiger partial charge is 0.310 e. The van der Waals surface area contributed by atoms with Gasteiger partial charge in [0.25, 0.3) is 0 Å². The number of nitriles is 2. The van der Waals surface area contributed by atoms with Crippen molar-refractivity contribution in [3.8, 4) is 17.8 Å². The Bertz CT molecular complexity index is 2680. The van der Waals surface area contributed by atoms with Crippen LogP contribution in [-0.2, 0) is 5.41 Å². The first-order chi connectivity index (χ1) is 25.1. The maximum absolute atomic E-state index is 9.68. The van der Waals surface area contributed by atoms with Crippen LogP contribution in [0.3, 0.4) is 0 Å². The van der Waals surface area contributed by atoms with Crippen molar-refractivity contribution in [3.63, 3.8) is 0 Å². The Morgan fingerprint density at radius 1 is 0.588 bits per heavy atom. The Morgan fingerprint density at radius 3 is 1.78 bits per heavy atom. The molecule has 9 rings (SSSR count). The van der Waals surface area contributed by atoms with Gasteiger partial charge in [-0.2, -0.15) is 10.5 Å². The fourth-order valence-corrected chi connectivity index (χ4v) is 7.88. The lowest BCUT2D eigenvalue weighted by Crippen LogP contribution is -2.37. The molecule has 0 radical (unpaired) electrons. The Hall–Kier alpha value is -7.46. The summed E-state index contributed by atoms with van der Waals surface area (Å²) < 4.78 is 2.24. The van der Waals surface area contributed by atoms with Crippen LogP contribution in [0.1, 0.15) is 33.4 Å². The van der Waals surface area contributed by atoms with Crippen LogP contribution in [0.25, 0.3) is 32.3 Å². The highest BCUT2D eigenvalue weighted by Crippen LogP contribution is 2.57. The molecule has 0 saturated heterocycles. The second-order valence-corrected chi connectivity index (χ2v) is 12.6. The van der Waals surface area contributed by atoms with Crippen molar-refractivity contribution in [2.24, 2.45) is 0 Å². The minimum atomic E-state index is -0.746. The van der Waals surface area contributed by atoms with Gasteiger partial charge in [-0.1, -0.05) is 72.8 Å². The predicted octanol–water partition coefficient (Wildman–Crippen LogP) is 10.6. The van der Waals surface area contributed by atoms with E-state index in [2.05, 4.69) is 128 Å². The Labute approximate surface area is 294 Å². The van der Waals surface area contributed by atoms with E-state index in [1.807, 2.05) is 54.7 Å². The van der Waals surface area contributed by atoms with Crippen molar-refractivity contribution in [1.29, 1.82) is 10.5 Å². The SMILES string of the molecule is [C-]#[N+]c1ccc2c(c1)c1cnccc1n2-c1cccc(N2c3ccccc3C(c3ccc(C#N)cc3)(c3ccc(C#N)cc3)c3ccccc32)c1. The van der Waals surface area contributed by atoms with Gasteiger partial charge in [0.05, 0.1) is 57.7 Å². The molecule has 0 bridgehead atoms. The summed E-state index contributed by atoms with van der Waals surface area (Å²) in [4.78, 5) is 10.4. The number of pyridine rings is 1. The fourth-order valence-electron chi connectivity index (χ4n) is 7.88. The summed E-state index contributed by atoms with van der Waals surface area (Å²) in [5, 5.41) is 21.3. The van der Waals surface area contributed by atoms with Crippen molar-refractivity contribution >= 4 is 44.6 Å². The van der Waals surface area contributed by atoms with Crippen molar-refractivity contribution < 1.29 is 0 Å². The van der Waals surface area contributed by atoms with E-state index >= 15 is 0 Å². The molecule has 236 valence electrons. The second-order valence-electron chi connectivity index (χ2n) is 12.6. The molecule has 51 heavy (non-hydrogen) atoms. The highest BCUT2D eigenvalue weighted by atomic mass is 15.2. The van der Waals surface area contributed by atoms with Crippen LogP contribution in [-0.4, -0.2) is 9.55 Å². The molecule has 0 atom stereocenters. The molecule has 0 amide bonds. The number of benzene rings is 6. The molecular weight excluding hydrogens is 625 g/mol. The van der Waals surface area contributed by atoms with Crippen LogP contribution in [0.2, 0.25) is 0 Å². The number of anilines is 3. The first-order valence-corrected chi connectivity index (χ1v) is 16.5. The van der Waals surface area contributed by atoms with E-state index in [0.29, 0.717) is 16.8 Å². The topological polar surface area (TPSA) is 73.0 Å². The van der Waals surface area contributed by atoms with Gasteiger partial charge < -0.3 is 9.47 Å². The number of aromatic nitrogens is 2. The van der Waals surface area contributed by atoms with Gasteiger partial charge in [-0.05, 0) is 100 Å². The molecule has 6 nitrogen and oxygen atoms in total. The van der Waals surface area contributed by atoms with Gasteiger partial charge in [0, 0.05) is 29.2 Å². The highest BCUT2D eigenvalue weighted by molar-refractivity contribution is 6.10. The zero-order valence-electron chi connectivity index (χ0n) is 27.2. The van der Waals surface area contributed by atoms with E-state index in [1.54, 1.807) is 6.20 Å². The smallest absolute Gasteiger partial charge is 0.188 e. The van der Waals surface area contributed by atoms with Crippen LogP contribution in [0.4, 0.5) is 22.7 Å².